The van der Waals surface area contributed by atoms with E-state index in [1.54, 1.807) is 24.1 Å². The third kappa shape index (κ3) is 4.83. The van der Waals surface area contributed by atoms with Crippen molar-refractivity contribution < 1.29 is 22.3 Å². The molecule has 1 saturated heterocycles. The monoisotopic (exact) mass is 416 g/mol. The number of ether oxygens (including phenoxy) is 1. The maximum atomic E-state index is 14.3. The van der Waals surface area contributed by atoms with Gasteiger partial charge in [0.15, 0.2) is 5.82 Å². The Labute approximate surface area is 160 Å². The van der Waals surface area contributed by atoms with E-state index in [4.69, 9.17) is 16.3 Å². The molecule has 2 N–H and O–H groups in total. The van der Waals surface area contributed by atoms with E-state index in [0.717, 1.165) is 6.42 Å². The molecule has 2 aromatic rings. The molecule has 0 saturated carbocycles. The molecule has 1 aliphatic rings. The normalized spacial score (nSPS) is 17.2. The summed E-state index contributed by atoms with van der Waals surface area (Å²) in [6, 6.07) is 2.60. The molecule has 8 nitrogen and oxygen atoms in total. The van der Waals surface area contributed by atoms with Gasteiger partial charge in [-0.15, -0.1) is 4.83 Å². The van der Waals surface area contributed by atoms with Crippen molar-refractivity contribution in [2.24, 2.45) is 7.05 Å². The van der Waals surface area contributed by atoms with Crippen molar-refractivity contribution in [1.82, 2.24) is 19.8 Å². The molecular weight excluding hydrogens is 399 g/mol. The lowest BCUT2D eigenvalue weighted by Gasteiger charge is -2.13. The summed E-state index contributed by atoms with van der Waals surface area (Å²) in [7, 11) is -2.07. The number of aryl methyl sites for hydroxylation is 1. The van der Waals surface area contributed by atoms with Gasteiger partial charge in [-0.3, -0.25) is 10.2 Å². The number of rotatable bonds is 6. The van der Waals surface area contributed by atoms with Crippen LogP contribution in [0, 0.1) is 5.82 Å². The molecule has 1 amide bonds. The zero-order valence-corrected chi connectivity index (χ0v) is 16.0. The molecule has 1 atom stereocenters. The number of hydrogen-bond donors (Lipinski definition) is 2. The van der Waals surface area contributed by atoms with E-state index in [1.807, 2.05) is 10.3 Å². The number of sulfonamides is 1. The summed E-state index contributed by atoms with van der Waals surface area (Å²) in [5.74, 6) is -2.21. The van der Waals surface area contributed by atoms with Crippen LogP contribution in [0.1, 0.15) is 23.2 Å². The molecule has 1 aliphatic heterocycles. The summed E-state index contributed by atoms with van der Waals surface area (Å²) < 4.78 is 45.3. The number of carbonyl (C=O) groups excluding carboxylic acids is 1. The number of imidazole rings is 1. The quantitative estimate of drug-likeness (QED) is 0.697. The minimum atomic E-state index is -3.83. The van der Waals surface area contributed by atoms with Gasteiger partial charge in [-0.2, -0.15) is 0 Å². The lowest BCUT2D eigenvalue weighted by Crippen LogP contribution is -2.44. The van der Waals surface area contributed by atoms with Gasteiger partial charge in [-0.05, 0) is 25.0 Å². The molecule has 0 unspecified atom stereocenters. The zero-order valence-electron chi connectivity index (χ0n) is 14.4. The van der Waals surface area contributed by atoms with E-state index in [1.165, 1.54) is 12.1 Å². The number of carbonyl (C=O) groups is 1. The van der Waals surface area contributed by atoms with Crippen LogP contribution in [0.2, 0.25) is 5.02 Å². The Balaban J connectivity index is 1.74. The molecule has 0 bridgehead atoms. The Morgan fingerprint density at radius 1 is 1.48 bits per heavy atom. The molecule has 146 valence electrons. The highest BCUT2D eigenvalue weighted by molar-refractivity contribution is 7.89. The van der Waals surface area contributed by atoms with Gasteiger partial charge in [0.05, 0.1) is 34.5 Å². The van der Waals surface area contributed by atoms with Crippen molar-refractivity contribution in [2.45, 2.75) is 18.9 Å². The maximum absolute atomic E-state index is 14.3. The maximum Gasteiger partial charge on any atom is 0.269 e. The third-order valence-corrected chi connectivity index (χ3v) is 5.52. The minimum Gasteiger partial charge on any atom is -0.377 e. The second-order valence-corrected chi connectivity index (χ2v) is 8.39. The molecule has 0 radical (unpaired) electrons. The van der Waals surface area contributed by atoms with Crippen molar-refractivity contribution in [3.05, 3.63) is 41.1 Å². The fraction of sp³-hybridized carbons (Fsp3) is 0.375. The molecule has 27 heavy (non-hydrogen) atoms. The second kappa shape index (κ2) is 7.93. The van der Waals surface area contributed by atoms with Gasteiger partial charge in [0, 0.05) is 25.4 Å². The minimum absolute atomic E-state index is 0.273. The van der Waals surface area contributed by atoms with Crippen LogP contribution in [0.4, 0.5) is 4.39 Å². The second-order valence-electron chi connectivity index (χ2n) is 6.22. The first kappa shape index (κ1) is 19.7. The van der Waals surface area contributed by atoms with Crippen LogP contribution >= 0.6 is 11.6 Å². The first-order valence-electron chi connectivity index (χ1n) is 8.14. The van der Waals surface area contributed by atoms with E-state index >= 15 is 0 Å². The number of amides is 1. The first-order chi connectivity index (χ1) is 12.7. The smallest absolute Gasteiger partial charge is 0.269 e. The van der Waals surface area contributed by atoms with Crippen LogP contribution in [-0.4, -0.2) is 42.3 Å². The van der Waals surface area contributed by atoms with Crippen molar-refractivity contribution in [1.29, 1.82) is 0 Å². The molecule has 2 heterocycles. The number of halogens is 2. The summed E-state index contributed by atoms with van der Waals surface area (Å²) >= 11 is 5.88. The number of hydrazine groups is 1. The highest BCUT2D eigenvalue weighted by atomic mass is 35.5. The average molecular weight is 417 g/mol. The van der Waals surface area contributed by atoms with E-state index in [0.29, 0.717) is 24.3 Å². The summed E-state index contributed by atoms with van der Waals surface area (Å²) in [5, 5.41) is -0.273. The molecule has 1 fully saturated rings. The van der Waals surface area contributed by atoms with E-state index < -0.39 is 33.4 Å². The first-order valence-corrected chi connectivity index (χ1v) is 10.2. The Morgan fingerprint density at radius 2 is 2.26 bits per heavy atom. The van der Waals surface area contributed by atoms with E-state index in [-0.39, 0.29) is 10.8 Å². The molecule has 1 aromatic heterocycles. The standard InChI is InChI=1S/C16H18ClFN4O4S/c1-22-7-14(19-9-22)10-5-12(15(18)13(17)6-10)16(23)20-21-27(24,25)8-11-3-2-4-26-11/h5-7,9,11,21H,2-4,8H2,1H3,(H,20,23)/t11-/m1/s1. The number of aromatic nitrogens is 2. The predicted octanol–water partition coefficient (Wildman–Crippen LogP) is 1.62. The fourth-order valence-corrected chi connectivity index (χ4v) is 4.02. The van der Waals surface area contributed by atoms with Gasteiger partial charge in [-0.25, -0.2) is 17.8 Å². The summed E-state index contributed by atoms with van der Waals surface area (Å²) in [6.07, 6.45) is 4.22. The topological polar surface area (TPSA) is 102 Å². The van der Waals surface area contributed by atoms with Gasteiger partial charge in [0.2, 0.25) is 10.0 Å². The van der Waals surface area contributed by atoms with Crippen molar-refractivity contribution in [2.75, 3.05) is 12.4 Å². The summed E-state index contributed by atoms with van der Waals surface area (Å²) in [5.41, 5.74) is 2.53. The largest absolute Gasteiger partial charge is 0.377 e. The van der Waals surface area contributed by atoms with Gasteiger partial charge in [0.25, 0.3) is 5.91 Å². The van der Waals surface area contributed by atoms with E-state index in [9.17, 15) is 17.6 Å². The van der Waals surface area contributed by atoms with Crippen LogP contribution in [0.3, 0.4) is 0 Å². The Hall–Kier alpha value is -2.01. The fourth-order valence-electron chi connectivity index (χ4n) is 2.72. The highest BCUT2D eigenvalue weighted by Crippen LogP contribution is 2.27. The van der Waals surface area contributed by atoms with Gasteiger partial charge < -0.3 is 9.30 Å². The predicted molar refractivity (Wildman–Crippen MR) is 97.0 cm³/mol. The number of hydrogen-bond acceptors (Lipinski definition) is 5. The van der Waals surface area contributed by atoms with Crippen LogP contribution in [0.15, 0.2) is 24.7 Å². The Morgan fingerprint density at radius 3 is 2.89 bits per heavy atom. The van der Waals surface area contributed by atoms with Crippen LogP contribution < -0.4 is 10.3 Å². The van der Waals surface area contributed by atoms with Crippen LogP contribution in [-0.2, 0) is 21.8 Å². The van der Waals surface area contributed by atoms with Crippen LogP contribution in [0.25, 0.3) is 11.3 Å². The lowest BCUT2D eigenvalue weighted by atomic mass is 10.1. The molecular formula is C16H18ClFN4O4S. The lowest BCUT2D eigenvalue weighted by molar-refractivity contribution is 0.0939. The summed E-state index contributed by atoms with van der Waals surface area (Å²) in [6.45, 7) is 0.510. The van der Waals surface area contributed by atoms with Crippen molar-refractivity contribution in [3.8, 4) is 11.3 Å². The van der Waals surface area contributed by atoms with Gasteiger partial charge in [0.1, 0.15) is 0 Å². The zero-order chi connectivity index (χ0) is 19.6. The SMILES string of the molecule is Cn1cnc(-c2cc(Cl)c(F)c(C(=O)NNS(=O)(=O)C[C@H]3CCCO3)c2)c1. The highest BCUT2D eigenvalue weighted by Gasteiger charge is 2.24. The molecule has 1 aromatic carbocycles. The third-order valence-electron chi connectivity index (χ3n) is 4.02. The van der Waals surface area contributed by atoms with Gasteiger partial charge >= 0.3 is 0 Å². The Kier molecular flexibility index (Phi) is 5.80. The molecule has 11 heteroatoms. The molecule has 0 spiro atoms. The van der Waals surface area contributed by atoms with Crippen molar-refractivity contribution >= 4 is 27.5 Å². The van der Waals surface area contributed by atoms with Crippen molar-refractivity contribution in [3.63, 3.8) is 0 Å². The molecule has 3 rings (SSSR count). The number of nitrogens with one attached hydrogen (secondary N) is 2. The van der Waals surface area contributed by atoms with E-state index in [2.05, 4.69) is 4.98 Å². The number of benzene rings is 1. The number of nitrogens with zero attached hydrogens (tertiary/aromatic N) is 2. The average Bonchev–Trinajstić information content (AvgIpc) is 3.26. The van der Waals surface area contributed by atoms with Crippen LogP contribution in [0.5, 0.6) is 0 Å². The molecule has 0 aliphatic carbocycles. The Bertz CT molecular complexity index is 957. The summed E-state index contributed by atoms with van der Waals surface area (Å²) in [4.78, 5) is 18.4. The van der Waals surface area contributed by atoms with Gasteiger partial charge in [-0.1, -0.05) is 11.6 Å².